The fourth-order valence-electron chi connectivity index (χ4n) is 2.50. The van der Waals surface area contributed by atoms with Gasteiger partial charge in [-0.25, -0.2) is 0 Å². The molecule has 0 aromatic heterocycles. The van der Waals surface area contributed by atoms with Crippen molar-refractivity contribution in [2.75, 3.05) is 19.6 Å². The van der Waals surface area contributed by atoms with Gasteiger partial charge in [-0.05, 0) is 51.2 Å². The van der Waals surface area contributed by atoms with Gasteiger partial charge in [0, 0.05) is 6.04 Å². The lowest BCUT2D eigenvalue weighted by atomic mass is 9.87. The Kier molecular flexibility index (Phi) is 3.01. The molecule has 0 aliphatic carbocycles. The van der Waals surface area contributed by atoms with Crippen molar-refractivity contribution in [1.82, 2.24) is 10.6 Å². The van der Waals surface area contributed by atoms with Crippen LogP contribution in [-0.4, -0.2) is 25.7 Å². The van der Waals surface area contributed by atoms with Crippen LogP contribution in [0.5, 0.6) is 0 Å². The van der Waals surface area contributed by atoms with Gasteiger partial charge in [0.2, 0.25) is 0 Å². The first-order valence-electron chi connectivity index (χ1n) is 5.41. The number of rotatable bonds is 1. The van der Waals surface area contributed by atoms with Gasteiger partial charge in [-0.2, -0.15) is 0 Å². The zero-order valence-corrected chi connectivity index (χ0v) is 7.81. The van der Waals surface area contributed by atoms with Crippen LogP contribution in [0.2, 0.25) is 0 Å². The number of piperidine rings is 2. The summed E-state index contributed by atoms with van der Waals surface area (Å²) in [6.07, 6.45) is 7.05. The van der Waals surface area contributed by atoms with Crippen LogP contribution in [0.15, 0.2) is 0 Å². The second-order valence-electron chi connectivity index (χ2n) is 4.16. The fraction of sp³-hybridized carbons (Fsp3) is 1.00. The van der Waals surface area contributed by atoms with Crippen molar-refractivity contribution in [2.24, 2.45) is 5.92 Å². The van der Waals surface area contributed by atoms with Crippen LogP contribution in [0, 0.1) is 5.92 Å². The van der Waals surface area contributed by atoms with Gasteiger partial charge in [-0.1, -0.05) is 6.42 Å². The first kappa shape index (κ1) is 8.52. The molecule has 0 radical (unpaired) electrons. The largest absolute Gasteiger partial charge is 0.316 e. The molecule has 0 bridgehead atoms. The van der Waals surface area contributed by atoms with Crippen LogP contribution in [0.25, 0.3) is 0 Å². The second-order valence-corrected chi connectivity index (χ2v) is 4.16. The van der Waals surface area contributed by atoms with E-state index in [0.29, 0.717) is 0 Å². The van der Waals surface area contributed by atoms with Crippen LogP contribution in [0.1, 0.15) is 32.1 Å². The molecule has 0 saturated carbocycles. The number of nitrogens with one attached hydrogen (secondary N) is 2. The van der Waals surface area contributed by atoms with Crippen molar-refractivity contribution in [3.8, 4) is 0 Å². The molecule has 2 rings (SSSR count). The molecule has 0 spiro atoms. The highest BCUT2D eigenvalue weighted by Crippen LogP contribution is 2.20. The number of hydrogen-bond acceptors (Lipinski definition) is 2. The third-order valence-electron chi connectivity index (χ3n) is 3.25. The molecular weight excluding hydrogens is 148 g/mol. The predicted molar refractivity (Wildman–Crippen MR) is 51.2 cm³/mol. The number of hydrogen-bond donors (Lipinski definition) is 2. The quantitative estimate of drug-likeness (QED) is 0.613. The summed E-state index contributed by atoms with van der Waals surface area (Å²) in [7, 11) is 0. The maximum atomic E-state index is 3.65. The summed E-state index contributed by atoms with van der Waals surface area (Å²) >= 11 is 0. The lowest BCUT2D eigenvalue weighted by Gasteiger charge is -2.34. The molecule has 2 fully saturated rings. The molecule has 2 aliphatic rings. The first-order chi connectivity index (χ1) is 5.97. The summed E-state index contributed by atoms with van der Waals surface area (Å²) in [4.78, 5) is 0. The van der Waals surface area contributed by atoms with Gasteiger partial charge in [0.05, 0.1) is 0 Å². The third kappa shape index (κ3) is 1.99. The minimum Gasteiger partial charge on any atom is -0.316 e. The van der Waals surface area contributed by atoms with E-state index in [4.69, 9.17) is 0 Å². The van der Waals surface area contributed by atoms with E-state index in [-0.39, 0.29) is 0 Å². The van der Waals surface area contributed by atoms with Crippen molar-refractivity contribution in [3.63, 3.8) is 0 Å². The standard InChI is InChI=1S/C10H20N2/c1-2-7-12-10(5-1)9-4-3-6-11-8-9/h9-12H,1-8H2. The van der Waals surface area contributed by atoms with Crippen molar-refractivity contribution in [3.05, 3.63) is 0 Å². The van der Waals surface area contributed by atoms with Gasteiger partial charge in [0.15, 0.2) is 0 Å². The zero-order valence-electron chi connectivity index (χ0n) is 7.81. The fourth-order valence-corrected chi connectivity index (χ4v) is 2.50. The molecule has 70 valence electrons. The Morgan fingerprint density at radius 2 is 1.92 bits per heavy atom. The van der Waals surface area contributed by atoms with E-state index in [2.05, 4.69) is 10.6 Å². The minimum atomic E-state index is 0.826. The molecule has 0 aromatic rings. The average molecular weight is 168 g/mol. The van der Waals surface area contributed by atoms with E-state index in [9.17, 15) is 0 Å². The molecule has 0 aromatic carbocycles. The molecule has 2 saturated heterocycles. The SMILES string of the molecule is C1CCC(C2CCCNC2)NC1. The highest BCUT2D eigenvalue weighted by Gasteiger charge is 2.24. The maximum Gasteiger partial charge on any atom is 0.0107 e. The topological polar surface area (TPSA) is 24.1 Å². The Morgan fingerprint density at radius 1 is 0.917 bits per heavy atom. The molecule has 2 heteroatoms. The highest BCUT2D eigenvalue weighted by atomic mass is 15.0. The molecule has 12 heavy (non-hydrogen) atoms. The Bertz CT molecular complexity index is 108. The second kappa shape index (κ2) is 4.24. The lowest BCUT2D eigenvalue weighted by molar-refractivity contribution is 0.247. The van der Waals surface area contributed by atoms with E-state index in [1.165, 1.54) is 51.7 Å². The van der Waals surface area contributed by atoms with Gasteiger partial charge in [-0.3, -0.25) is 0 Å². The van der Waals surface area contributed by atoms with Crippen LogP contribution in [0.3, 0.4) is 0 Å². The summed E-state index contributed by atoms with van der Waals surface area (Å²) in [5.41, 5.74) is 0. The molecule has 2 atom stereocenters. The molecule has 0 amide bonds. The predicted octanol–water partition coefficient (Wildman–Crippen LogP) is 1.13. The van der Waals surface area contributed by atoms with Crippen LogP contribution < -0.4 is 10.6 Å². The Labute approximate surface area is 75.1 Å². The summed E-state index contributed by atoms with van der Waals surface area (Å²) < 4.78 is 0. The molecule has 2 aliphatic heterocycles. The summed E-state index contributed by atoms with van der Waals surface area (Å²) in [6, 6.07) is 0.826. The van der Waals surface area contributed by atoms with Gasteiger partial charge in [0.25, 0.3) is 0 Å². The Balaban J connectivity index is 1.80. The monoisotopic (exact) mass is 168 g/mol. The van der Waals surface area contributed by atoms with Crippen molar-refractivity contribution in [1.29, 1.82) is 0 Å². The van der Waals surface area contributed by atoms with E-state index in [0.717, 1.165) is 12.0 Å². The summed E-state index contributed by atoms with van der Waals surface area (Å²) in [6.45, 7) is 3.74. The molecule has 2 heterocycles. The normalized spacial score (nSPS) is 38.0. The molecule has 2 N–H and O–H groups in total. The zero-order chi connectivity index (χ0) is 8.23. The van der Waals surface area contributed by atoms with E-state index in [1.807, 2.05) is 0 Å². The maximum absolute atomic E-state index is 3.65. The van der Waals surface area contributed by atoms with Gasteiger partial charge >= 0.3 is 0 Å². The smallest absolute Gasteiger partial charge is 0.0107 e. The van der Waals surface area contributed by atoms with Crippen LogP contribution in [-0.2, 0) is 0 Å². The molecule has 2 unspecified atom stereocenters. The Morgan fingerprint density at radius 3 is 2.58 bits per heavy atom. The average Bonchev–Trinajstić information content (AvgIpc) is 2.21. The highest BCUT2D eigenvalue weighted by molar-refractivity contribution is 4.83. The molecule has 2 nitrogen and oxygen atoms in total. The Hall–Kier alpha value is -0.0800. The third-order valence-corrected chi connectivity index (χ3v) is 3.25. The van der Waals surface area contributed by atoms with Crippen LogP contribution >= 0.6 is 0 Å². The van der Waals surface area contributed by atoms with Gasteiger partial charge < -0.3 is 10.6 Å². The van der Waals surface area contributed by atoms with Gasteiger partial charge in [-0.15, -0.1) is 0 Å². The summed E-state index contributed by atoms with van der Waals surface area (Å²) in [5, 5.41) is 7.14. The van der Waals surface area contributed by atoms with Crippen LogP contribution in [0.4, 0.5) is 0 Å². The van der Waals surface area contributed by atoms with E-state index >= 15 is 0 Å². The van der Waals surface area contributed by atoms with E-state index in [1.54, 1.807) is 0 Å². The van der Waals surface area contributed by atoms with Crippen molar-refractivity contribution >= 4 is 0 Å². The first-order valence-corrected chi connectivity index (χ1v) is 5.41. The van der Waals surface area contributed by atoms with Crippen molar-refractivity contribution in [2.45, 2.75) is 38.1 Å². The lowest BCUT2D eigenvalue weighted by Crippen LogP contribution is -2.46. The summed E-state index contributed by atoms with van der Waals surface area (Å²) in [5.74, 6) is 0.916. The van der Waals surface area contributed by atoms with Gasteiger partial charge in [0.1, 0.15) is 0 Å². The van der Waals surface area contributed by atoms with Crippen molar-refractivity contribution < 1.29 is 0 Å². The minimum absolute atomic E-state index is 0.826. The van der Waals surface area contributed by atoms with E-state index < -0.39 is 0 Å². The molecular formula is C10H20N2.